The molecule has 0 saturated carbocycles. The minimum atomic E-state index is 0.445. The molecule has 3 rings (SSSR count). The van der Waals surface area contributed by atoms with E-state index in [0.29, 0.717) is 6.04 Å². The molecule has 1 aliphatic rings. The van der Waals surface area contributed by atoms with Crippen LogP contribution in [0.25, 0.3) is 0 Å². The molecule has 1 aromatic heterocycles. The Morgan fingerprint density at radius 1 is 1.14 bits per heavy atom. The van der Waals surface area contributed by atoms with Crippen molar-refractivity contribution in [3.05, 3.63) is 56.3 Å². The van der Waals surface area contributed by atoms with Crippen LogP contribution in [0.15, 0.2) is 24.3 Å². The van der Waals surface area contributed by atoms with Crippen LogP contribution >= 0.6 is 11.3 Å². The van der Waals surface area contributed by atoms with Crippen molar-refractivity contribution in [2.24, 2.45) is 0 Å². The highest BCUT2D eigenvalue weighted by molar-refractivity contribution is 7.12. The molecule has 0 amide bonds. The zero-order valence-electron chi connectivity index (χ0n) is 13.3. The predicted octanol–water partition coefficient (Wildman–Crippen LogP) is 4.75. The number of benzene rings is 1. The third-order valence-corrected chi connectivity index (χ3v) is 5.99. The Morgan fingerprint density at radius 2 is 1.95 bits per heavy atom. The van der Waals surface area contributed by atoms with E-state index in [0.717, 1.165) is 6.42 Å². The highest BCUT2D eigenvalue weighted by atomic mass is 32.1. The van der Waals surface area contributed by atoms with Gasteiger partial charge in [0.15, 0.2) is 0 Å². The van der Waals surface area contributed by atoms with Gasteiger partial charge in [-0.15, -0.1) is 11.3 Å². The van der Waals surface area contributed by atoms with Crippen LogP contribution < -0.4 is 5.32 Å². The van der Waals surface area contributed by atoms with E-state index in [1.165, 1.54) is 47.3 Å². The van der Waals surface area contributed by atoms with Crippen LogP contribution in [0.2, 0.25) is 0 Å². The molecule has 0 bridgehead atoms. The Bertz CT molecular complexity index is 603. The molecule has 0 radical (unpaired) electrons. The van der Waals surface area contributed by atoms with E-state index in [4.69, 9.17) is 0 Å². The average molecular weight is 299 g/mol. The average Bonchev–Trinajstić information content (AvgIpc) is 2.91. The molecule has 0 saturated heterocycles. The maximum Gasteiger partial charge on any atom is 0.0453 e. The quantitative estimate of drug-likeness (QED) is 0.859. The Hall–Kier alpha value is -1.12. The van der Waals surface area contributed by atoms with Gasteiger partial charge in [-0.05, 0) is 75.8 Å². The summed E-state index contributed by atoms with van der Waals surface area (Å²) in [6.07, 6.45) is 6.40. The molecule has 1 unspecified atom stereocenters. The van der Waals surface area contributed by atoms with Gasteiger partial charge in [-0.1, -0.05) is 23.8 Å². The van der Waals surface area contributed by atoms with Crippen LogP contribution in [0.4, 0.5) is 0 Å². The fourth-order valence-electron chi connectivity index (χ4n) is 3.27. The lowest BCUT2D eigenvalue weighted by atomic mass is 9.96. The topological polar surface area (TPSA) is 12.0 Å². The molecule has 112 valence electrons. The minimum absolute atomic E-state index is 0.445. The van der Waals surface area contributed by atoms with Gasteiger partial charge in [0.05, 0.1) is 0 Å². The fourth-order valence-corrected chi connectivity index (χ4v) is 4.64. The number of fused-ring (bicyclic) bond motifs is 1. The highest BCUT2D eigenvalue weighted by Gasteiger charge is 2.19. The first-order valence-corrected chi connectivity index (χ1v) is 8.84. The first kappa shape index (κ1) is 14.8. The van der Waals surface area contributed by atoms with E-state index in [2.05, 4.69) is 50.5 Å². The monoisotopic (exact) mass is 299 g/mol. The lowest BCUT2D eigenvalue weighted by Crippen LogP contribution is -2.18. The molecule has 2 aromatic rings. The van der Waals surface area contributed by atoms with Gasteiger partial charge in [0, 0.05) is 15.8 Å². The van der Waals surface area contributed by atoms with Gasteiger partial charge in [0.2, 0.25) is 0 Å². The molecule has 1 heterocycles. The molecule has 0 spiro atoms. The summed E-state index contributed by atoms with van der Waals surface area (Å²) < 4.78 is 0. The fraction of sp³-hybridized carbons (Fsp3) is 0.474. The zero-order valence-corrected chi connectivity index (χ0v) is 14.1. The van der Waals surface area contributed by atoms with Gasteiger partial charge in [0.1, 0.15) is 0 Å². The Balaban J connectivity index is 1.84. The number of rotatable bonds is 4. The van der Waals surface area contributed by atoms with Crippen molar-refractivity contribution in [2.45, 2.75) is 52.0 Å². The standard InChI is InChI=1S/C19H25NS/c1-13-8-9-14(2)16(10-13)11-17(20-3)19-12-15-6-4-5-7-18(15)21-19/h8-10,12,17,20H,4-7,11H2,1-3H3. The molecule has 1 aromatic carbocycles. The van der Waals surface area contributed by atoms with Crippen molar-refractivity contribution in [2.75, 3.05) is 7.05 Å². The van der Waals surface area contributed by atoms with Gasteiger partial charge in [0.25, 0.3) is 0 Å². The normalized spacial score (nSPS) is 15.8. The van der Waals surface area contributed by atoms with E-state index in [1.54, 1.807) is 10.4 Å². The van der Waals surface area contributed by atoms with Crippen molar-refractivity contribution in [1.82, 2.24) is 5.32 Å². The number of hydrogen-bond donors (Lipinski definition) is 1. The van der Waals surface area contributed by atoms with Crippen molar-refractivity contribution in [1.29, 1.82) is 0 Å². The van der Waals surface area contributed by atoms with E-state index < -0.39 is 0 Å². The maximum absolute atomic E-state index is 3.53. The third-order valence-electron chi connectivity index (χ3n) is 4.64. The summed E-state index contributed by atoms with van der Waals surface area (Å²) in [4.78, 5) is 3.16. The summed E-state index contributed by atoms with van der Waals surface area (Å²) in [5, 5.41) is 3.53. The number of hydrogen-bond acceptors (Lipinski definition) is 2. The number of thiophene rings is 1. The van der Waals surface area contributed by atoms with Crippen molar-refractivity contribution in [3.63, 3.8) is 0 Å². The summed E-state index contributed by atoms with van der Waals surface area (Å²) >= 11 is 2.03. The molecule has 1 aliphatic carbocycles. The van der Waals surface area contributed by atoms with E-state index in [1.807, 2.05) is 11.3 Å². The Kier molecular flexibility index (Phi) is 4.46. The number of aryl methyl sites for hydroxylation is 4. The Labute approximate surface area is 132 Å². The molecule has 0 fully saturated rings. The Morgan fingerprint density at radius 3 is 2.71 bits per heavy atom. The van der Waals surface area contributed by atoms with Gasteiger partial charge < -0.3 is 5.32 Å². The smallest absolute Gasteiger partial charge is 0.0453 e. The second-order valence-electron chi connectivity index (χ2n) is 6.28. The molecule has 1 N–H and O–H groups in total. The molecule has 1 atom stereocenters. The molecular weight excluding hydrogens is 274 g/mol. The SMILES string of the molecule is CNC(Cc1cc(C)ccc1C)c1cc2c(s1)CCCC2. The second-order valence-corrected chi connectivity index (χ2v) is 7.45. The van der Waals surface area contributed by atoms with Crippen LogP contribution in [-0.2, 0) is 19.3 Å². The van der Waals surface area contributed by atoms with Gasteiger partial charge in [-0.3, -0.25) is 0 Å². The zero-order chi connectivity index (χ0) is 14.8. The predicted molar refractivity (Wildman–Crippen MR) is 92.4 cm³/mol. The van der Waals surface area contributed by atoms with Gasteiger partial charge >= 0.3 is 0 Å². The largest absolute Gasteiger partial charge is 0.312 e. The second kappa shape index (κ2) is 6.33. The van der Waals surface area contributed by atoms with E-state index in [-0.39, 0.29) is 0 Å². The summed E-state index contributed by atoms with van der Waals surface area (Å²) in [6.45, 7) is 4.40. The molecule has 2 heteroatoms. The lowest BCUT2D eigenvalue weighted by molar-refractivity contribution is 0.600. The van der Waals surface area contributed by atoms with Crippen LogP contribution in [-0.4, -0.2) is 7.05 Å². The van der Waals surface area contributed by atoms with Crippen molar-refractivity contribution < 1.29 is 0 Å². The van der Waals surface area contributed by atoms with Crippen LogP contribution in [0.5, 0.6) is 0 Å². The van der Waals surface area contributed by atoms with Crippen LogP contribution in [0.1, 0.15) is 50.9 Å². The summed E-state index contributed by atoms with van der Waals surface area (Å²) in [6, 6.07) is 9.70. The molecule has 1 nitrogen and oxygen atoms in total. The summed E-state index contributed by atoms with van der Waals surface area (Å²) in [7, 11) is 2.09. The number of likely N-dealkylation sites (N-methyl/N-ethyl adjacent to an activating group) is 1. The third kappa shape index (κ3) is 3.22. The van der Waals surface area contributed by atoms with E-state index >= 15 is 0 Å². The first-order chi connectivity index (χ1) is 10.2. The van der Waals surface area contributed by atoms with Crippen LogP contribution in [0, 0.1) is 13.8 Å². The lowest BCUT2D eigenvalue weighted by Gasteiger charge is -2.16. The summed E-state index contributed by atoms with van der Waals surface area (Å²) in [5.41, 5.74) is 5.85. The maximum atomic E-state index is 3.53. The van der Waals surface area contributed by atoms with Gasteiger partial charge in [-0.2, -0.15) is 0 Å². The molecule has 21 heavy (non-hydrogen) atoms. The number of nitrogens with one attached hydrogen (secondary N) is 1. The highest BCUT2D eigenvalue weighted by Crippen LogP contribution is 2.34. The van der Waals surface area contributed by atoms with Crippen molar-refractivity contribution >= 4 is 11.3 Å². The molecule has 0 aliphatic heterocycles. The van der Waals surface area contributed by atoms with Gasteiger partial charge in [-0.25, -0.2) is 0 Å². The minimum Gasteiger partial charge on any atom is -0.312 e. The molecular formula is C19H25NS. The van der Waals surface area contributed by atoms with Crippen molar-refractivity contribution in [3.8, 4) is 0 Å². The van der Waals surface area contributed by atoms with E-state index in [9.17, 15) is 0 Å². The van der Waals surface area contributed by atoms with Crippen LogP contribution in [0.3, 0.4) is 0 Å². The first-order valence-electron chi connectivity index (χ1n) is 8.02. The summed E-state index contributed by atoms with van der Waals surface area (Å²) in [5.74, 6) is 0.